The maximum Gasteiger partial charge on any atom is 0.311 e. The third-order valence-electron chi connectivity index (χ3n) is 3.11. The van der Waals surface area contributed by atoms with Gasteiger partial charge in [0.25, 0.3) is 5.91 Å². The van der Waals surface area contributed by atoms with E-state index in [2.05, 4.69) is 10.5 Å². The lowest BCUT2D eigenvalue weighted by molar-refractivity contribution is -0.385. The van der Waals surface area contributed by atoms with Gasteiger partial charge in [0.1, 0.15) is 0 Å². The minimum absolute atomic E-state index is 0.313. The first kappa shape index (κ1) is 16.6. The van der Waals surface area contributed by atoms with Crippen molar-refractivity contribution in [2.45, 2.75) is 5.92 Å². The normalized spacial score (nSPS) is 11.6. The highest BCUT2D eigenvalue weighted by Crippen LogP contribution is 2.25. The van der Waals surface area contributed by atoms with E-state index in [1.165, 1.54) is 12.3 Å². The van der Waals surface area contributed by atoms with Crippen molar-refractivity contribution in [2.75, 3.05) is 0 Å². The lowest BCUT2D eigenvalue weighted by Crippen LogP contribution is -2.24. The van der Waals surface area contributed by atoms with Gasteiger partial charge in [0.15, 0.2) is 11.7 Å². The van der Waals surface area contributed by atoms with Gasteiger partial charge in [-0.2, -0.15) is 10.4 Å². The minimum atomic E-state index is -1.02. The molecule has 24 heavy (non-hydrogen) atoms. The van der Waals surface area contributed by atoms with Crippen LogP contribution in [0.25, 0.3) is 0 Å². The second-order valence-electron chi connectivity index (χ2n) is 4.71. The molecular weight excluding hydrogens is 312 g/mol. The number of nitrogens with one attached hydrogen (secondary N) is 1. The fourth-order valence-electron chi connectivity index (χ4n) is 1.93. The van der Waals surface area contributed by atoms with Gasteiger partial charge in [0, 0.05) is 11.6 Å². The molecule has 0 saturated carbocycles. The van der Waals surface area contributed by atoms with Crippen LogP contribution in [0, 0.1) is 21.4 Å². The third-order valence-corrected chi connectivity index (χ3v) is 3.11. The number of hydrazone groups is 1. The number of carbonyl (C=O) groups excluding carboxylic acids is 1. The Kier molecular flexibility index (Phi) is 5.20. The van der Waals surface area contributed by atoms with E-state index in [4.69, 9.17) is 5.26 Å². The number of aromatic hydroxyl groups is 1. The number of phenols is 1. The molecule has 0 aromatic heterocycles. The first-order valence-electron chi connectivity index (χ1n) is 6.78. The number of hydrogen-bond donors (Lipinski definition) is 2. The number of amides is 1. The Morgan fingerprint density at radius 1 is 1.33 bits per heavy atom. The molecule has 0 aliphatic rings. The molecule has 2 rings (SSSR count). The molecule has 0 heterocycles. The quantitative estimate of drug-likeness (QED) is 0.494. The average Bonchev–Trinajstić information content (AvgIpc) is 2.58. The zero-order valence-corrected chi connectivity index (χ0v) is 12.3. The predicted molar refractivity (Wildman–Crippen MR) is 85.3 cm³/mol. The van der Waals surface area contributed by atoms with Crippen LogP contribution in [-0.4, -0.2) is 22.2 Å². The second kappa shape index (κ2) is 7.51. The highest BCUT2D eigenvalue weighted by Gasteiger charge is 2.19. The van der Waals surface area contributed by atoms with Crippen molar-refractivity contribution in [3.8, 4) is 11.8 Å². The van der Waals surface area contributed by atoms with Crippen LogP contribution in [0.2, 0.25) is 0 Å². The number of phenolic OH excluding ortho intramolecular Hbond substituents is 1. The van der Waals surface area contributed by atoms with Gasteiger partial charge >= 0.3 is 5.69 Å². The Balaban J connectivity index is 2.08. The number of hydrogen-bond acceptors (Lipinski definition) is 6. The number of nitro benzene ring substituents is 1. The molecular formula is C16H12N4O4. The van der Waals surface area contributed by atoms with Gasteiger partial charge in [-0.3, -0.25) is 14.9 Å². The molecule has 2 aromatic carbocycles. The van der Waals surface area contributed by atoms with E-state index < -0.39 is 28.2 Å². The Morgan fingerprint density at radius 3 is 2.67 bits per heavy atom. The lowest BCUT2D eigenvalue weighted by atomic mass is 10.0. The molecule has 0 aliphatic carbocycles. The molecule has 0 fully saturated rings. The van der Waals surface area contributed by atoms with E-state index in [1.807, 2.05) is 6.07 Å². The van der Waals surface area contributed by atoms with E-state index >= 15 is 0 Å². The zero-order valence-electron chi connectivity index (χ0n) is 12.3. The second-order valence-corrected chi connectivity index (χ2v) is 4.71. The fourth-order valence-corrected chi connectivity index (χ4v) is 1.93. The molecule has 8 nitrogen and oxygen atoms in total. The summed E-state index contributed by atoms with van der Waals surface area (Å²) in [7, 11) is 0. The molecule has 0 radical (unpaired) electrons. The highest BCUT2D eigenvalue weighted by molar-refractivity contribution is 5.88. The Labute approximate surface area is 136 Å². The van der Waals surface area contributed by atoms with Gasteiger partial charge in [-0.1, -0.05) is 30.3 Å². The molecule has 0 unspecified atom stereocenters. The van der Waals surface area contributed by atoms with Crippen molar-refractivity contribution in [1.29, 1.82) is 5.26 Å². The lowest BCUT2D eigenvalue weighted by Gasteiger charge is -2.07. The molecule has 1 amide bonds. The predicted octanol–water partition coefficient (Wildman–Crippen LogP) is 2.06. The number of nitrogens with zero attached hydrogens (tertiary/aromatic N) is 3. The smallest absolute Gasteiger partial charge is 0.311 e. The van der Waals surface area contributed by atoms with Crippen molar-refractivity contribution in [3.05, 3.63) is 69.8 Å². The van der Waals surface area contributed by atoms with Crippen LogP contribution in [0.1, 0.15) is 17.0 Å². The summed E-state index contributed by atoms with van der Waals surface area (Å²) in [6.45, 7) is 0. The Bertz CT molecular complexity index is 828. The standard InChI is InChI=1S/C16H12N4O4/c17-9-13(12-4-2-1-3-5-12)16(22)19-18-10-11-6-7-15(21)14(8-11)20(23)24/h1-8,10,13,21H,(H,19,22)/b18-10-/t13-/m0/s1. The molecule has 2 N–H and O–H groups in total. The van der Waals surface area contributed by atoms with Crippen LogP contribution in [0.3, 0.4) is 0 Å². The SMILES string of the molecule is N#C[C@H](C(=O)N/N=C\c1ccc(O)c([N+](=O)[O-])c1)c1ccccc1. The van der Waals surface area contributed by atoms with Crippen molar-refractivity contribution in [3.63, 3.8) is 0 Å². The summed E-state index contributed by atoms with van der Waals surface area (Å²) < 4.78 is 0. The van der Waals surface area contributed by atoms with E-state index in [0.29, 0.717) is 11.1 Å². The average molecular weight is 324 g/mol. The van der Waals surface area contributed by atoms with E-state index in [9.17, 15) is 20.0 Å². The van der Waals surface area contributed by atoms with Crippen LogP contribution in [-0.2, 0) is 4.79 Å². The van der Waals surface area contributed by atoms with Gasteiger partial charge in [-0.05, 0) is 17.7 Å². The first-order chi connectivity index (χ1) is 11.5. The number of rotatable bonds is 5. The third kappa shape index (κ3) is 3.92. The van der Waals surface area contributed by atoms with Gasteiger partial charge in [0.2, 0.25) is 0 Å². The fraction of sp³-hybridized carbons (Fsp3) is 0.0625. The van der Waals surface area contributed by atoms with E-state index in [1.54, 1.807) is 30.3 Å². The summed E-state index contributed by atoms with van der Waals surface area (Å²) in [4.78, 5) is 22.0. The van der Waals surface area contributed by atoms with Crippen LogP contribution < -0.4 is 5.43 Å². The minimum Gasteiger partial charge on any atom is -0.502 e. The largest absolute Gasteiger partial charge is 0.502 e. The summed E-state index contributed by atoms with van der Waals surface area (Å²) in [6, 6.07) is 14.1. The topological polar surface area (TPSA) is 129 Å². The number of carbonyl (C=O) groups is 1. The molecule has 0 saturated heterocycles. The van der Waals surface area contributed by atoms with Gasteiger partial charge in [-0.15, -0.1) is 0 Å². The summed E-state index contributed by atoms with van der Waals surface area (Å²) >= 11 is 0. The van der Waals surface area contributed by atoms with Crippen LogP contribution in [0.4, 0.5) is 5.69 Å². The van der Waals surface area contributed by atoms with Crippen LogP contribution >= 0.6 is 0 Å². The maximum atomic E-state index is 12.0. The summed E-state index contributed by atoms with van der Waals surface area (Å²) in [6.07, 6.45) is 1.18. The highest BCUT2D eigenvalue weighted by atomic mass is 16.6. The van der Waals surface area contributed by atoms with Gasteiger partial charge < -0.3 is 5.11 Å². The zero-order chi connectivity index (χ0) is 17.5. The Morgan fingerprint density at radius 2 is 2.04 bits per heavy atom. The molecule has 0 spiro atoms. The number of benzene rings is 2. The number of nitriles is 1. The van der Waals surface area contributed by atoms with E-state index in [-0.39, 0.29) is 0 Å². The Hall–Kier alpha value is -3.73. The summed E-state index contributed by atoms with van der Waals surface area (Å²) in [5.74, 6) is -2.10. The van der Waals surface area contributed by atoms with Crippen LogP contribution in [0.15, 0.2) is 53.6 Å². The molecule has 0 bridgehead atoms. The van der Waals surface area contributed by atoms with Crippen molar-refractivity contribution >= 4 is 17.8 Å². The molecule has 120 valence electrons. The molecule has 0 aliphatic heterocycles. The monoisotopic (exact) mass is 324 g/mol. The number of nitro groups is 1. The molecule has 8 heteroatoms. The van der Waals surface area contributed by atoms with Crippen molar-refractivity contribution in [2.24, 2.45) is 5.10 Å². The summed E-state index contributed by atoms with van der Waals surface area (Å²) in [5, 5.41) is 32.9. The van der Waals surface area contributed by atoms with Gasteiger partial charge in [0.05, 0.1) is 17.2 Å². The maximum absolute atomic E-state index is 12.0. The molecule has 1 atom stereocenters. The van der Waals surface area contributed by atoms with Gasteiger partial charge in [-0.25, -0.2) is 5.43 Å². The van der Waals surface area contributed by atoms with E-state index in [0.717, 1.165) is 12.1 Å². The van der Waals surface area contributed by atoms with Crippen molar-refractivity contribution in [1.82, 2.24) is 5.43 Å². The van der Waals surface area contributed by atoms with Crippen molar-refractivity contribution < 1.29 is 14.8 Å². The first-order valence-corrected chi connectivity index (χ1v) is 6.78. The van der Waals surface area contributed by atoms with Crippen LogP contribution in [0.5, 0.6) is 5.75 Å². The molecule has 2 aromatic rings. The summed E-state index contributed by atoms with van der Waals surface area (Å²) in [5.41, 5.74) is 2.60.